The molecule has 0 N–H and O–H groups in total. The lowest BCUT2D eigenvalue weighted by atomic mass is 10.1. The maximum absolute atomic E-state index is 12.7. The van der Waals surface area contributed by atoms with E-state index >= 15 is 0 Å². The minimum absolute atomic E-state index is 0.246. The summed E-state index contributed by atoms with van der Waals surface area (Å²) in [4.78, 5) is 19.3. The summed E-state index contributed by atoms with van der Waals surface area (Å²) in [5, 5.41) is 4.81. The highest BCUT2D eigenvalue weighted by Gasteiger charge is 2.23. The number of rotatable bonds is 4. The van der Waals surface area contributed by atoms with E-state index in [4.69, 9.17) is 9.84 Å². The summed E-state index contributed by atoms with van der Waals surface area (Å²) >= 11 is 0. The Morgan fingerprint density at radius 1 is 1.00 bits per heavy atom. The molecule has 2 aromatic rings. The SMILES string of the molecule is Cc1cc(C)cc(COC(=O)N2CCCn3nc(CN4CCN(C)CC4)cc3C2)c1. The Hall–Kier alpha value is -2.38. The number of hydrogen-bond acceptors (Lipinski definition) is 5. The molecule has 1 fully saturated rings. The average Bonchev–Trinajstić information content (AvgIpc) is 2.96. The van der Waals surface area contributed by atoms with E-state index in [1.807, 2.05) is 4.90 Å². The largest absolute Gasteiger partial charge is 0.445 e. The van der Waals surface area contributed by atoms with Crippen molar-refractivity contribution in [2.24, 2.45) is 0 Å². The predicted molar refractivity (Wildman–Crippen MR) is 116 cm³/mol. The van der Waals surface area contributed by atoms with Crippen molar-refractivity contribution in [1.29, 1.82) is 0 Å². The van der Waals surface area contributed by atoms with Gasteiger partial charge in [0.1, 0.15) is 6.61 Å². The summed E-state index contributed by atoms with van der Waals surface area (Å²) in [5.74, 6) is 0. The molecule has 0 saturated carbocycles. The van der Waals surface area contributed by atoms with Crippen molar-refractivity contribution < 1.29 is 9.53 Å². The fraction of sp³-hybridized carbons (Fsp3) is 0.565. The van der Waals surface area contributed by atoms with Gasteiger partial charge in [-0.1, -0.05) is 29.3 Å². The minimum Gasteiger partial charge on any atom is -0.445 e. The van der Waals surface area contributed by atoms with Crippen LogP contribution in [-0.4, -0.2) is 70.3 Å². The van der Waals surface area contributed by atoms with E-state index in [2.05, 4.69) is 59.6 Å². The van der Waals surface area contributed by atoms with Crippen LogP contribution in [0.25, 0.3) is 0 Å². The summed E-state index contributed by atoms with van der Waals surface area (Å²) in [6.45, 7) is 11.8. The molecule has 1 amide bonds. The van der Waals surface area contributed by atoms with Crippen LogP contribution in [0.4, 0.5) is 4.79 Å². The lowest BCUT2D eigenvalue weighted by Gasteiger charge is -2.31. The first-order valence-corrected chi connectivity index (χ1v) is 10.9. The quantitative estimate of drug-likeness (QED) is 0.774. The number of likely N-dealkylation sites (N-methyl/N-ethyl adjacent to an activating group) is 1. The van der Waals surface area contributed by atoms with E-state index < -0.39 is 0 Å². The van der Waals surface area contributed by atoms with Gasteiger partial charge in [-0.15, -0.1) is 0 Å². The lowest BCUT2D eigenvalue weighted by molar-refractivity contribution is 0.0941. The van der Waals surface area contributed by atoms with Crippen molar-refractivity contribution in [1.82, 2.24) is 24.5 Å². The van der Waals surface area contributed by atoms with Crippen LogP contribution in [0.3, 0.4) is 0 Å². The number of piperazine rings is 1. The Bertz CT molecular complexity index is 865. The number of amides is 1. The molecule has 0 spiro atoms. The van der Waals surface area contributed by atoms with Crippen LogP contribution < -0.4 is 0 Å². The van der Waals surface area contributed by atoms with E-state index in [-0.39, 0.29) is 6.09 Å². The van der Waals surface area contributed by atoms with E-state index in [1.165, 1.54) is 11.1 Å². The molecule has 0 bridgehead atoms. The van der Waals surface area contributed by atoms with Crippen LogP contribution in [0.1, 0.15) is 34.5 Å². The van der Waals surface area contributed by atoms with Crippen molar-refractivity contribution in [3.63, 3.8) is 0 Å². The summed E-state index contributed by atoms with van der Waals surface area (Å²) in [7, 11) is 2.17. The number of aryl methyl sites for hydroxylation is 3. The van der Waals surface area contributed by atoms with Gasteiger partial charge in [0, 0.05) is 45.8 Å². The number of hydrogen-bond donors (Lipinski definition) is 0. The number of fused-ring (bicyclic) bond motifs is 1. The number of aromatic nitrogens is 2. The molecule has 7 nitrogen and oxygen atoms in total. The molecule has 162 valence electrons. The monoisotopic (exact) mass is 411 g/mol. The highest BCUT2D eigenvalue weighted by atomic mass is 16.6. The summed E-state index contributed by atoms with van der Waals surface area (Å²) in [6.07, 6.45) is 0.644. The molecule has 30 heavy (non-hydrogen) atoms. The van der Waals surface area contributed by atoms with Crippen LogP contribution in [0, 0.1) is 13.8 Å². The molecule has 2 aliphatic rings. The maximum Gasteiger partial charge on any atom is 0.410 e. The summed E-state index contributed by atoms with van der Waals surface area (Å²) < 4.78 is 7.70. The minimum atomic E-state index is -0.246. The Kier molecular flexibility index (Phi) is 6.39. The van der Waals surface area contributed by atoms with Gasteiger partial charge in [0.05, 0.1) is 17.9 Å². The Morgan fingerprint density at radius 3 is 2.47 bits per heavy atom. The normalized spacial score (nSPS) is 18.2. The third kappa shape index (κ3) is 5.21. The summed E-state index contributed by atoms with van der Waals surface area (Å²) in [5.41, 5.74) is 5.61. The molecule has 0 unspecified atom stereocenters. The number of carbonyl (C=O) groups excluding carboxylic acids is 1. The third-order valence-corrected chi connectivity index (χ3v) is 5.95. The molecule has 2 aliphatic heterocycles. The van der Waals surface area contributed by atoms with Gasteiger partial charge in [-0.2, -0.15) is 5.10 Å². The standard InChI is InChI=1S/C23H33N5O2/c1-18-11-19(2)13-20(12-18)17-30-23(29)27-5-4-6-28-22(16-27)14-21(24-28)15-26-9-7-25(3)8-10-26/h11-14H,4-10,15-17H2,1-3H3. The summed E-state index contributed by atoms with van der Waals surface area (Å²) in [6, 6.07) is 8.43. The molecule has 1 aromatic carbocycles. The smallest absolute Gasteiger partial charge is 0.410 e. The average molecular weight is 412 g/mol. The van der Waals surface area contributed by atoms with Gasteiger partial charge in [0.25, 0.3) is 0 Å². The van der Waals surface area contributed by atoms with Crippen LogP contribution in [0.5, 0.6) is 0 Å². The molecular formula is C23H33N5O2. The van der Waals surface area contributed by atoms with Gasteiger partial charge in [-0.3, -0.25) is 9.58 Å². The van der Waals surface area contributed by atoms with Crippen LogP contribution in [0.15, 0.2) is 24.3 Å². The van der Waals surface area contributed by atoms with Crippen molar-refractivity contribution >= 4 is 6.09 Å². The van der Waals surface area contributed by atoms with Crippen LogP contribution in [0.2, 0.25) is 0 Å². The highest BCUT2D eigenvalue weighted by Crippen LogP contribution is 2.17. The first-order valence-electron chi connectivity index (χ1n) is 10.9. The first kappa shape index (κ1) is 20.9. The van der Waals surface area contributed by atoms with Crippen molar-refractivity contribution in [2.45, 2.75) is 46.5 Å². The first-order chi connectivity index (χ1) is 14.5. The molecule has 1 aromatic heterocycles. The molecule has 1 saturated heterocycles. The van der Waals surface area contributed by atoms with Crippen LogP contribution in [-0.2, 0) is 31.0 Å². The molecule has 0 radical (unpaired) electrons. The molecule has 0 atom stereocenters. The van der Waals surface area contributed by atoms with Gasteiger partial charge in [0.15, 0.2) is 0 Å². The van der Waals surface area contributed by atoms with E-state index in [1.54, 1.807) is 0 Å². The maximum atomic E-state index is 12.7. The Labute approximate surface area is 179 Å². The number of benzene rings is 1. The second-order valence-electron chi connectivity index (χ2n) is 8.76. The lowest BCUT2D eigenvalue weighted by Crippen LogP contribution is -2.43. The molecule has 0 aliphatic carbocycles. The van der Waals surface area contributed by atoms with Gasteiger partial charge < -0.3 is 14.5 Å². The number of carbonyl (C=O) groups is 1. The van der Waals surface area contributed by atoms with E-state index in [0.29, 0.717) is 19.7 Å². The fourth-order valence-corrected chi connectivity index (χ4v) is 4.38. The Morgan fingerprint density at radius 2 is 1.73 bits per heavy atom. The zero-order valence-electron chi connectivity index (χ0n) is 18.4. The van der Waals surface area contributed by atoms with E-state index in [0.717, 1.165) is 62.6 Å². The van der Waals surface area contributed by atoms with Crippen molar-refractivity contribution in [3.8, 4) is 0 Å². The van der Waals surface area contributed by atoms with Gasteiger partial charge in [0.2, 0.25) is 0 Å². The third-order valence-electron chi connectivity index (χ3n) is 5.95. The van der Waals surface area contributed by atoms with Gasteiger partial charge >= 0.3 is 6.09 Å². The van der Waals surface area contributed by atoms with Crippen molar-refractivity contribution in [2.75, 3.05) is 39.8 Å². The zero-order chi connectivity index (χ0) is 21.1. The van der Waals surface area contributed by atoms with Crippen LogP contribution >= 0.6 is 0 Å². The molecule has 3 heterocycles. The number of nitrogens with zero attached hydrogens (tertiary/aromatic N) is 5. The zero-order valence-corrected chi connectivity index (χ0v) is 18.4. The molecular weight excluding hydrogens is 378 g/mol. The second kappa shape index (κ2) is 9.18. The second-order valence-corrected chi connectivity index (χ2v) is 8.76. The number of ether oxygens (including phenoxy) is 1. The van der Waals surface area contributed by atoms with E-state index in [9.17, 15) is 4.79 Å². The molecule has 7 heteroatoms. The highest BCUT2D eigenvalue weighted by molar-refractivity contribution is 5.67. The Balaban J connectivity index is 1.35. The van der Waals surface area contributed by atoms with Crippen molar-refractivity contribution in [3.05, 3.63) is 52.3 Å². The molecule has 4 rings (SSSR count). The van der Waals surface area contributed by atoms with Gasteiger partial charge in [-0.05, 0) is 38.9 Å². The topological polar surface area (TPSA) is 53.8 Å². The predicted octanol–water partition coefficient (Wildman–Crippen LogP) is 2.79. The fourth-order valence-electron chi connectivity index (χ4n) is 4.38. The van der Waals surface area contributed by atoms with Gasteiger partial charge in [-0.25, -0.2) is 4.79 Å².